The van der Waals surface area contributed by atoms with Crippen molar-refractivity contribution in [1.82, 2.24) is 15.4 Å². The second kappa shape index (κ2) is 6.64. The molecular weight excluding hydrogens is 290 g/mol. The summed E-state index contributed by atoms with van der Waals surface area (Å²) in [5.74, 6) is -1.29. The normalized spacial score (nSPS) is 13.0. The van der Waals surface area contributed by atoms with Gasteiger partial charge in [0.05, 0.1) is 19.4 Å². The standard InChI is InChI=1S/C13H13N5O4/c1-7-9(6-15-22-7)12(19)8(5-14)13(20)16-10-3-4-11(21-2)18-17-10/h3-4,6,8,12,19H,1-2H3,(H,16,17,20). The van der Waals surface area contributed by atoms with E-state index < -0.39 is 17.9 Å². The van der Waals surface area contributed by atoms with Gasteiger partial charge in [0.15, 0.2) is 11.7 Å². The number of ether oxygens (including phenoxy) is 1. The quantitative estimate of drug-likeness (QED) is 0.819. The maximum absolute atomic E-state index is 12.1. The molecule has 0 aliphatic rings. The van der Waals surface area contributed by atoms with Crippen LogP contribution in [0.1, 0.15) is 17.4 Å². The second-order valence-electron chi connectivity index (χ2n) is 4.34. The van der Waals surface area contributed by atoms with Gasteiger partial charge in [-0.25, -0.2) is 0 Å². The molecule has 0 saturated carbocycles. The molecule has 2 rings (SSSR count). The van der Waals surface area contributed by atoms with Crippen molar-refractivity contribution in [2.75, 3.05) is 12.4 Å². The summed E-state index contributed by atoms with van der Waals surface area (Å²) in [6.45, 7) is 1.58. The minimum Gasteiger partial charge on any atom is -0.480 e. The molecule has 0 aliphatic carbocycles. The Morgan fingerprint density at radius 1 is 1.50 bits per heavy atom. The number of amides is 1. The van der Waals surface area contributed by atoms with Gasteiger partial charge in [0.1, 0.15) is 11.9 Å². The number of carbonyl (C=O) groups is 1. The Kier molecular flexibility index (Phi) is 4.65. The number of nitriles is 1. The highest BCUT2D eigenvalue weighted by molar-refractivity contribution is 5.93. The summed E-state index contributed by atoms with van der Waals surface area (Å²) >= 11 is 0. The zero-order valence-electron chi connectivity index (χ0n) is 11.8. The SMILES string of the molecule is COc1ccc(NC(=O)C(C#N)C(O)c2cnoc2C)nn1. The van der Waals surface area contributed by atoms with Crippen molar-refractivity contribution in [3.63, 3.8) is 0 Å². The number of anilines is 1. The van der Waals surface area contributed by atoms with E-state index in [0.717, 1.165) is 0 Å². The second-order valence-corrected chi connectivity index (χ2v) is 4.34. The van der Waals surface area contributed by atoms with Gasteiger partial charge in [0, 0.05) is 11.6 Å². The van der Waals surface area contributed by atoms with Crippen LogP contribution in [0.5, 0.6) is 5.88 Å². The van der Waals surface area contributed by atoms with Crippen molar-refractivity contribution in [2.45, 2.75) is 13.0 Å². The lowest BCUT2D eigenvalue weighted by Crippen LogP contribution is -2.27. The molecule has 0 fully saturated rings. The highest BCUT2D eigenvalue weighted by atomic mass is 16.5. The number of hydrogen-bond acceptors (Lipinski definition) is 8. The zero-order valence-corrected chi connectivity index (χ0v) is 11.8. The lowest BCUT2D eigenvalue weighted by atomic mass is 9.97. The molecule has 2 N–H and O–H groups in total. The number of methoxy groups -OCH3 is 1. The summed E-state index contributed by atoms with van der Waals surface area (Å²) in [6, 6.07) is 4.73. The highest BCUT2D eigenvalue weighted by Crippen LogP contribution is 2.25. The molecular formula is C13H13N5O4. The van der Waals surface area contributed by atoms with Gasteiger partial charge >= 0.3 is 0 Å². The lowest BCUT2D eigenvalue weighted by molar-refractivity contribution is -0.121. The lowest BCUT2D eigenvalue weighted by Gasteiger charge is -2.15. The molecule has 114 valence electrons. The molecule has 0 bridgehead atoms. The molecule has 0 radical (unpaired) electrons. The molecule has 0 aromatic carbocycles. The monoisotopic (exact) mass is 303 g/mol. The Bertz CT molecular complexity index is 691. The number of rotatable bonds is 5. The van der Waals surface area contributed by atoms with E-state index in [1.54, 1.807) is 13.0 Å². The van der Waals surface area contributed by atoms with E-state index >= 15 is 0 Å². The van der Waals surface area contributed by atoms with Gasteiger partial charge in [0.25, 0.3) is 0 Å². The molecule has 9 heteroatoms. The van der Waals surface area contributed by atoms with E-state index in [1.807, 2.05) is 0 Å². The topological polar surface area (TPSA) is 134 Å². The van der Waals surface area contributed by atoms with Gasteiger partial charge < -0.3 is 19.7 Å². The summed E-state index contributed by atoms with van der Waals surface area (Å²) in [4.78, 5) is 12.1. The Morgan fingerprint density at radius 2 is 2.27 bits per heavy atom. The van der Waals surface area contributed by atoms with Crippen molar-refractivity contribution < 1.29 is 19.2 Å². The third-order valence-corrected chi connectivity index (χ3v) is 2.94. The predicted molar refractivity (Wildman–Crippen MR) is 72.5 cm³/mol. The third kappa shape index (κ3) is 3.18. The molecule has 0 spiro atoms. The number of carbonyl (C=O) groups excluding carboxylic acids is 1. The molecule has 9 nitrogen and oxygen atoms in total. The van der Waals surface area contributed by atoms with Gasteiger partial charge in [-0.1, -0.05) is 5.16 Å². The summed E-state index contributed by atoms with van der Waals surface area (Å²) in [7, 11) is 1.44. The average Bonchev–Trinajstić information content (AvgIpc) is 2.94. The fourth-order valence-electron chi connectivity index (χ4n) is 1.74. The average molecular weight is 303 g/mol. The molecule has 22 heavy (non-hydrogen) atoms. The van der Waals surface area contributed by atoms with Gasteiger partial charge in [-0.2, -0.15) is 5.26 Å². The van der Waals surface area contributed by atoms with E-state index in [1.165, 1.54) is 25.4 Å². The van der Waals surface area contributed by atoms with Gasteiger partial charge in [0.2, 0.25) is 11.8 Å². The molecule has 2 aromatic heterocycles. The van der Waals surface area contributed by atoms with E-state index in [9.17, 15) is 9.90 Å². The van der Waals surface area contributed by atoms with Crippen molar-refractivity contribution in [1.29, 1.82) is 5.26 Å². The fraction of sp³-hybridized carbons (Fsp3) is 0.308. The van der Waals surface area contributed by atoms with E-state index in [2.05, 4.69) is 20.7 Å². The molecule has 0 saturated heterocycles. The maximum Gasteiger partial charge on any atom is 0.245 e. The van der Waals surface area contributed by atoms with Crippen LogP contribution in [0.3, 0.4) is 0 Å². The minimum absolute atomic E-state index is 0.139. The smallest absolute Gasteiger partial charge is 0.245 e. The zero-order chi connectivity index (χ0) is 16.1. The number of aromatic nitrogens is 3. The number of nitrogens with one attached hydrogen (secondary N) is 1. The minimum atomic E-state index is -1.36. The van der Waals surface area contributed by atoms with Crippen LogP contribution in [-0.4, -0.2) is 33.5 Å². The van der Waals surface area contributed by atoms with Crippen molar-refractivity contribution >= 4 is 11.7 Å². The Balaban J connectivity index is 2.12. The number of aliphatic hydroxyl groups excluding tert-OH is 1. The van der Waals surface area contributed by atoms with Crippen LogP contribution in [0.4, 0.5) is 5.82 Å². The first-order chi connectivity index (χ1) is 10.6. The van der Waals surface area contributed by atoms with Crippen LogP contribution in [0.2, 0.25) is 0 Å². The molecule has 2 atom stereocenters. The van der Waals surface area contributed by atoms with E-state index in [4.69, 9.17) is 14.5 Å². The summed E-state index contributed by atoms with van der Waals surface area (Å²) in [5.41, 5.74) is 0.280. The first-order valence-corrected chi connectivity index (χ1v) is 6.24. The highest BCUT2D eigenvalue weighted by Gasteiger charge is 2.31. The largest absolute Gasteiger partial charge is 0.480 e. The number of hydrogen-bond donors (Lipinski definition) is 2. The Morgan fingerprint density at radius 3 is 2.77 bits per heavy atom. The molecule has 1 amide bonds. The number of aliphatic hydroxyl groups is 1. The molecule has 2 heterocycles. The van der Waals surface area contributed by atoms with Crippen LogP contribution in [0.25, 0.3) is 0 Å². The van der Waals surface area contributed by atoms with Gasteiger partial charge in [-0.05, 0) is 13.0 Å². The Labute approximate surface area is 125 Å². The van der Waals surface area contributed by atoms with Crippen LogP contribution >= 0.6 is 0 Å². The van der Waals surface area contributed by atoms with Crippen molar-refractivity contribution in [3.8, 4) is 11.9 Å². The van der Waals surface area contributed by atoms with Crippen molar-refractivity contribution in [2.24, 2.45) is 5.92 Å². The number of nitrogens with zero attached hydrogens (tertiary/aromatic N) is 4. The molecule has 2 unspecified atom stereocenters. The fourth-order valence-corrected chi connectivity index (χ4v) is 1.74. The summed E-state index contributed by atoms with van der Waals surface area (Å²) in [5, 5.41) is 32.6. The molecule has 0 aliphatic heterocycles. The maximum atomic E-state index is 12.1. The molecule has 2 aromatic rings. The van der Waals surface area contributed by atoms with Gasteiger partial charge in [-0.3, -0.25) is 4.79 Å². The van der Waals surface area contributed by atoms with Crippen LogP contribution < -0.4 is 10.1 Å². The summed E-state index contributed by atoms with van der Waals surface area (Å²) < 4.78 is 9.66. The van der Waals surface area contributed by atoms with E-state index in [0.29, 0.717) is 5.76 Å². The van der Waals surface area contributed by atoms with Crippen LogP contribution in [-0.2, 0) is 4.79 Å². The predicted octanol–water partition coefficient (Wildman–Crippen LogP) is 0.593. The first-order valence-electron chi connectivity index (χ1n) is 6.24. The summed E-state index contributed by atoms with van der Waals surface area (Å²) in [6.07, 6.45) is -0.0902. The third-order valence-electron chi connectivity index (χ3n) is 2.94. The van der Waals surface area contributed by atoms with Crippen molar-refractivity contribution in [3.05, 3.63) is 29.7 Å². The van der Waals surface area contributed by atoms with E-state index in [-0.39, 0.29) is 17.3 Å². The Hall–Kier alpha value is -2.99. The van der Waals surface area contributed by atoms with Crippen LogP contribution in [0.15, 0.2) is 22.9 Å². The first kappa shape index (κ1) is 15.4. The van der Waals surface area contributed by atoms with Crippen LogP contribution in [0, 0.1) is 24.2 Å². The number of aryl methyl sites for hydroxylation is 1. The van der Waals surface area contributed by atoms with Gasteiger partial charge in [-0.15, -0.1) is 10.2 Å².